The van der Waals surface area contributed by atoms with Gasteiger partial charge in [0.1, 0.15) is 0 Å². The Morgan fingerprint density at radius 1 is 1.36 bits per heavy atom. The maximum atomic E-state index is 9.50. The van der Waals surface area contributed by atoms with Crippen LogP contribution in [0, 0.1) is 0 Å². The molecule has 1 aromatic rings. The van der Waals surface area contributed by atoms with Crippen LogP contribution in [-0.4, -0.2) is 29.2 Å². The predicted octanol–water partition coefficient (Wildman–Crippen LogP) is 2.51. The lowest BCUT2D eigenvalue weighted by atomic mass is 10.1. The van der Waals surface area contributed by atoms with Crippen LogP contribution in [0.4, 0.5) is 0 Å². The number of likely N-dealkylation sites (N-methyl/N-ethyl adjacent to an activating group) is 1. The van der Waals surface area contributed by atoms with Crippen molar-refractivity contribution in [2.75, 3.05) is 7.05 Å². The van der Waals surface area contributed by atoms with Gasteiger partial charge in [-0.05, 0) is 39.3 Å². The smallest absolute Gasteiger partial charge is 0.0664 e. The van der Waals surface area contributed by atoms with Gasteiger partial charge in [-0.25, -0.2) is 0 Å². The van der Waals surface area contributed by atoms with Crippen LogP contribution in [0.2, 0.25) is 0 Å². The van der Waals surface area contributed by atoms with E-state index >= 15 is 0 Å². The molecule has 0 aliphatic carbocycles. The summed E-state index contributed by atoms with van der Waals surface area (Å²) in [6.45, 7) is 6.06. The van der Waals surface area contributed by atoms with Crippen molar-refractivity contribution in [3.8, 4) is 0 Å². The van der Waals surface area contributed by atoms with Crippen LogP contribution >= 0.6 is 11.3 Å². The van der Waals surface area contributed by atoms with Gasteiger partial charge >= 0.3 is 0 Å². The molecule has 0 spiro atoms. The zero-order valence-corrected chi connectivity index (χ0v) is 10.1. The molecule has 0 fully saturated rings. The van der Waals surface area contributed by atoms with Gasteiger partial charge in [0.2, 0.25) is 0 Å². The van der Waals surface area contributed by atoms with Crippen molar-refractivity contribution in [3.05, 3.63) is 22.4 Å². The Morgan fingerprint density at radius 2 is 2.00 bits per heavy atom. The lowest BCUT2D eigenvalue weighted by Crippen LogP contribution is -2.38. The third kappa shape index (κ3) is 2.56. The molecule has 0 bridgehead atoms. The van der Waals surface area contributed by atoms with Crippen molar-refractivity contribution < 1.29 is 5.11 Å². The monoisotopic (exact) mass is 213 g/mol. The average molecular weight is 213 g/mol. The van der Waals surface area contributed by atoms with Crippen LogP contribution in [0.3, 0.4) is 0 Å². The van der Waals surface area contributed by atoms with E-state index in [9.17, 15) is 5.11 Å². The minimum atomic E-state index is -0.289. The fraction of sp³-hybridized carbons (Fsp3) is 0.636. The Kier molecular flexibility index (Phi) is 4.11. The van der Waals surface area contributed by atoms with E-state index in [1.54, 1.807) is 11.3 Å². The van der Waals surface area contributed by atoms with E-state index in [2.05, 4.69) is 43.3 Å². The minimum absolute atomic E-state index is 0.187. The molecule has 0 aliphatic rings. The van der Waals surface area contributed by atoms with E-state index < -0.39 is 0 Å². The van der Waals surface area contributed by atoms with Crippen molar-refractivity contribution >= 4 is 11.3 Å². The highest BCUT2D eigenvalue weighted by molar-refractivity contribution is 7.10. The molecule has 0 aliphatic heterocycles. The summed E-state index contributed by atoms with van der Waals surface area (Å²) in [6.07, 6.45) is -0.289. The molecule has 1 N–H and O–H groups in total. The molecule has 0 saturated heterocycles. The van der Waals surface area contributed by atoms with Gasteiger partial charge < -0.3 is 5.11 Å². The Morgan fingerprint density at radius 3 is 2.43 bits per heavy atom. The maximum Gasteiger partial charge on any atom is 0.0664 e. The molecule has 2 nitrogen and oxygen atoms in total. The lowest BCUT2D eigenvalue weighted by molar-refractivity contribution is 0.0664. The predicted molar refractivity (Wildman–Crippen MR) is 61.6 cm³/mol. The third-order valence-corrected chi connectivity index (χ3v) is 3.95. The van der Waals surface area contributed by atoms with Crippen LogP contribution in [0.25, 0.3) is 0 Å². The minimum Gasteiger partial charge on any atom is -0.392 e. The zero-order chi connectivity index (χ0) is 10.7. The summed E-state index contributed by atoms with van der Waals surface area (Å²) in [4.78, 5) is 3.55. The molecule has 3 heteroatoms. The van der Waals surface area contributed by atoms with Crippen molar-refractivity contribution in [1.82, 2.24) is 4.90 Å². The second-order valence-electron chi connectivity index (χ2n) is 3.84. The third-order valence-electron chi connectivity index (χ3n) is 2.91. The van der Waals surface area contributed by atoms with Crippen LogP contribution in [0.5, 0.6) is 0 Å². The summed E-state index contributed by atoms with van der Waals surface area (Å²) in [5.41, 5.74) is 0. The molecule has 1 heterocycles. The first-order valence-corrected chi connectivity index (χ1v) is 5.85. The summed E-state index contributed by atoms with van der Waals surface area (Å²) < 4.78 is 0. The van der Waals surface area contributed by atoms with Gasteiger partial charge in [0, 0.05) is 17.0 Å². The van der Waals surface area contributed by atoms with E-state index in [1.807, 2.05) is 6.92 Å². The van der Waals surface area contributed by atoms with E-state index in [0.29, 0.717) is 6.04 Å². The summed E-state index contributed by atoms with van der Waals surface area (Å²) >= 11 is 1.77. The number of aliphatic hydroxyl groups is 1. The number of thiophene rings is 1. The highest BCUT2D eigenvalue weighted by atomic mass is 32.1. The Labute approximate surface area is 90.2 Å². The molecular weight excluding hydrogens is 194 g/mol. The average Bonchev–Trinajstić information content (AvgIpc) is 2.67. The Balaban J connectivity index is 2.65. The molecule has 14 heavy (non-hydrogen) atoms. The summed E-state index contributed by atoms with van der Waals surface area (Å²) in [5, 5.41) is 11.6. The van der Waals surface area contributed by atoms with Crippen LogP contribution in [0.15, 0.2) is 17.5 Å². The number of hydrogen-bond acceptors (Lipinski definition) is 3. The first-order valence-electron chi connectivity index (χ1n) is 4.97. The Hall–Kier alpha value is -0.380. The molecule has 1 rings (SSSR count). The molecule has 80 valence electrons. The first-order chi connectivity index (χ1) is 6.54. The van der Waals surface area contributed by atoms with E-state index in [0.717, 1.165) is 0 Å². The van der Waals surface area contributed by atoms with Gasteiger partial charge in [-0.2, -0.15) is 0 Å². The molecule has 3 atom stereocenters. The van der Waals surface area contributed by atoms with Crippen molar-refractivity contribution in [3.63, 3.8) is 0 Å². The SMILES string of the molecule is CC(O)C(C)N(C)C(C)c1cccs1. The second kappa shape index (κ2) is 4.91. The topological polar surface area (TPSA) is 23.5 Å². The second-order valence-corrected chi connectivity index (χ2v) is 4.82. The van der Waals surface area contributed by atoms with Gasteiger partial charge in [0.05, 0.1) is 6.10 Å². The van der Waals surface area contributed by atoms with Gasteiger partial charge in [0.25, 0.3) is 0 Å². The van der Waals surface area contributed by atoms with E-state index in [1.165, 1.54) is 4.88 Å². The van der Waals surface area contributed by atoms with Crippen LogP contribution in [0.1, 0.15) is 31.7 Å². The number of aliphatic hydroxyl groups excluding tert-OH is 1. The van der Waals surface area contributed by atoms with Crippen LogP contribution in [-0.2, 0) is 0 Å². The number of rotatable bonds is 4. The van der Waals surface area contributed by atoms with Gasteiger partial charge in [-0.15, -0.1) is 11.3 Å². The van der Waals surface area contributed by atoms with Gasteiger partial charge in [-0.3, -0.25) is 4.90 Å². The fourth-order valence-corrected chi connectivity index (χ4v) is 2.26. The van der Waals surface area contributed by atoms with Crippen molar-refractivity contribution in [2.24, 2.45) is 0 Å². The zero-order valence-electron chi connectivity index (χ0n) is 9.27. The maximum absolute atomic E-state index is 9.50. The quantitative estimate of drug-likeness (QED) is 0.830. The standard InChI is InChI=1S/C11H19NOS/c1-8(10(3)13)12(4)9(2)11-6-5-7-14-11/h5-10,13H,1-4H3. The molecule has 0 saturated carbocycles. The number of hydrogen-bond donors (Lipinski definition) is 1. The Bertz CT molecular complexity index is 258. The molecule has 0 radical (unpaired) electrons. The van der Waals surface area contributed by atoms with Gasteiger partial charge in [-0.1, -0.05) is 6.07 Å². The highest BCUT2D eigenvalue weighted by Gasteiger charge is 2.20. The summed E-state index contributed by atoms with van der Waals surface area (Å²) in [7, 11) is 2.06. The summed E-state index contributed by atoms with van der Waals surface area (Å²) in [5.74, 6) is 0. The molecule has 0 aromatic carbocycles. The summed E-state index contributed by atoms with van der Waals surface area (Å²) in [6, 6.07) is 4.77. The molecule has 3 unspecified atom stereocenters. The molecule has 0 amide bonds. The van der Waals surface area contributed by atoms with E-state index in [4.69, 9.17) is 0 Å². The highest BCUT2D eigenvalue weighted by Crippen LogP contribution is 2.25. The van der Waals surface area contributed by atoms with Gasteiger partial charge in [0.15, 0.2) is 0 Å². The largest absolute Gasteiger partial charge is 0.392 e. The lowest BCUT2D eigenvalue weighted by Gasteiger charge is -2.31. The first kappa shape index (κ1) is 11.7. The van der Waals surface area contributed by atoms with Crippen molar-refractivity contribution in [1.29, 1.82) is 0 Å². The van der Waals surface area contributed by atoms with Crippen LogP contribution < -0.4 is 0 Å². The molecule has 1 aromatic heterocycles. The normalized spacial score (nSPS) is 18.1. The van der Waals surface area contributed by atoms with Crippen molar-refractivity contribution in [2.45, 2.75) is 39.0 Å². The number of nitrogens with zero attached hydrogens (tertiary/aromatic N) is 1. The molecular formula is C11H19NOS. The van der Waals surface area contributed by atoms with E-state index in [-0.39, 0.29) is 12.1 Å². The fourth-order valence-electron chi connectivity index (χ4n) is 1.42.